The molecule has 19 heteroatoms. The van der Waals surface area contributed by atoms with Crippen LogP contribution >= 0.6 is 11.6 Å². The van der Waals surface area contributed by atoms with Gasteiger partial charge in [0.05, 0.1) is 25.1 Å². The number of aromatic nitrogens is 1. The van der Waals surface area contributed by atoms with Gasteiger partial charge in [0.25, 0.3) is 5.91 Å². The van der Waals surface area contributed by atoms with E-state index in [1.807, 2.05) is 0 Å². The molecule has 0 bridgehead atoms. The number of pyridine rings is 1. The van der Waals surface area contributed by atoms with Crippen molar-refractivity contribution in [2.75, 3.05) is 13.7 Å². The topological polar surface area (TPSA) is 260 Å². The van der Waals surface area contributed by atoms with Crippen molar-refractivity contribution in [3.8, 4) is 11.6 Å². The summed E-state index contributed by atoms with van der Waals surface area (Å²) in [6.45, 7) is 11.4. The van der Waals surface area contributed by atoms with E-state index in [0.717, 1.165) is 0 Å². The van der Waals surface area contributed by atoms with Gasteiger partial charge in [-0.15, -0.1) is 6.58 Å². The Balaban J connectivity index is 1.51. The van der Waals surface area contributed by atoms with Crippen molar-refractivity contribution in [2.45, 2.75) is 101 Å². The molecule has 2 aromatic rings. The number of carbonyl (C=O) groups excluding carboxylic acids is 4. The molecule has 1 saturated heterocycles. The quantitative estimate of drug-likeness (QED) is 0.124. The number of nitrogens with two attached hydrogens (primary N) is 3. The van der Waals surface area contributed by atoms with Gasteiger partial charge in [0.2, 0.25) is 27.7 Å². The average molecular weight is 793 g/mol. The summed E-state index contributed by atoms with van der Waals surface area (Å²) in [5, 5.41) is 6.11. The van der Waals surface area contributed by atoms with Crippen LogP contribution in [-0.4, -0.2) is 96.1 Å². The van der Waals surface area contributed by atoms with E-state index in [1.165, 1.54) is 38.1 Å². The number of benzene rings is 1. The average Bonchev–Trinajstić information content (AvgIpc) is 3.99. The van der Waals surface area contributed by atoms with Gasteiger partial charge >= 0.3 is 6.09 Å². The van der Waals surface area contributed by atoms with Gasteiger partial charge in [-0.25, -0.2) is 18.2 Å². The monoisotopic (exact) mass is 792 g/mol. The molecule has 2 aliphatic carbocycles. The highest BCUT2D eigenvalue weighted by Gasteiger charge is 2.62. The van der Waals surface area contributed by atoms with E-state index in [9.17, 15) is 27.6 Å². The van der Waals surface area contributed by atoms with Crippen LogP contribution in [0.2, 0.25) is 5.02 Å². The van der Waals surface area contributed by atoms with E-state index >= 15 is 0 Å². The molecule has 2 heterocycles. The van der Waals surface area contributed by atoms with Crippen LogP contribution in [0.4, 0.5) is 4.79 Å². The van der Waals surface area contributed by atoms with Gasteiger partial charge in [-0.3, -0.25) is 19.1 Å². The SMILES string of the molecule is C=CC1CC1(NC(=O)C1CC(Oc2ncc(OC)c3ccc(Cl)cc23)CN1C(=O)C(NC(=O)OC(C)(C)C)C(C)(C)C(N)(N)N)C(=O)NS(=O)(=O)C1CC1. The molecule has 3 aliphatic rings. The molecule has 296 valence electrons. The molecule has 5 atom stereocenters. The Bertz CT molecular complexity index is 1960. The third kappa shape index (κ3) is 8.36. The summed E-state index contributed by atoms with van der Waals surface area (Å²) in [5.74, 6) is -4.56. The Hall–Kier alpha value is -4.23. The Kier molecular flexibility index (Phi) is 11.0. The first-order valence-electron chi connectivity index (χ1n) is 17.4. The molecule has 0 radical (unpaired) electrons. The van der Waals surface area contributed by atoms with E-state index in [-0.39, 0.29) is 25.3 Å². The number of carbonyl (C=O) groups is 4. The van der Waals surface area contributed by atoms with Gasteiger partial charge in [0, 0.05) is 33.5 Å². The number of likely N-dealkylation sites (tertiary alicyclic amines) is 1. The first-order valence-corrected chi connectivity index (χ1v) is 19.3. The summed E-state index contributed by atoms with van der Waals surface area (Å²) in [7, 11) is -2.47. The summed E-state index contributed by atoms with van der Waals surface area (Å²) >= 11 is 6.32. The molecule has 5 rings (SSSR count). The molecule has 0 spiro atoms. The number of ether oxygens (including phenoxy) is 3. The fraction of sp³-hybridized carbons (Fsp3) is 0.571. The van der Waals surface area contributed by atoms with Gasteiger partial charge in [-0.2, -0.15) is 0 Å². The maximum absolute atomic E-state index is 14.7. The smallest absolute Gasteiger partial charge is 0.408 e. The van der Waals surface area contributed by atoms with E-state index in [2.05, 4.69) is 26.9 Å². The van der Waals surface area contributed by atoms with Gasteiger partial charge in [-0.05, 0) is 58.2 Å². The minimum absolute atomic E-state index is 0.0727. The standard InChI is InChI=1S/C35H49ClN8O9S/c1-8-18-15-34(18,30(47)43-54(49,50)21-10-11-21)42-27(45)24-14-20(52-28-23-13-19(36)9-12-22(23)25(51-7)16-40-28)17-44(24)29(46)26(33(5,6)35(37,38)39)41-31(48)53-32(2,3)4/h8-9,12-13,16,18,20-21,24,26H,1,10-11,14-15,17,37-39H2,2-7H3,(H,41,48)(H,42,45)(H,43,47). The number of methoxy groups -OCH3 is 1. The highest BCUT2D eigenvalue weighted by molar-refractivity contribution is 7.91. The third-order valence-corrected chi connectivity index (χ3v) is 12.2. The lowest BCUT2D eigenvalue weighted by Gasteiger charge is -2.44. The predicted octanol–water partition coefficient (Wildman–Crippen LogP) is 1.36. The highest BCUT2D eigenvalue weighted by Crippen LogP contribution is 2.46. The molecule has 17 nitrogen and oxygen atoms in total. The zero-order valence-corrected chi connectivity index (χ0v) is 32.7. The van der Waals surface area contributed by atoms with E-state index in [0.29, 0.717) is 34.4 Å². The van der Waals surface area contributed by atoms with Crippen LogP contribution in [0.1, 0.15) is 60.3 Å². The molecule has 4 amide bonds. The van der Waals surface area contributed by atoms with Gasteiger partial charge in [0.15, 0.2) is 0 Å². The molecule has 2 saturated carbocycles. The number of hydrogen-bond acceptors (Lipinski definition) is 13. The number of halogens is 1. The summed E-state index contributed by atoms with van der Waals surface area (Å²) in [4.78, 5) is 61.3. The Morgan fingerprint density at radius 1 is 1.11 bits per heavy atom. The van der Waals surface area contributed by atoms with E-state index in [4.69, 9.17) is 43.0 Å². The van der Waals surface area contributed by atoms with Crippen molar-refractivity contribution >= 4 is 56.2 Å². The molecule has 1 aliphatic heterocycles. The number of sulfonamides is 1. The maximum Gasteiger partial charge on any atom is 0.408 e. The van der Waals surface area contributed by atoms with Crippen LogP contribution in [0.25, 0.3) is 10.8 Å². The van der Waals surface area contributed by atoms with Gasteiger partial charge in [-0.1, -0.05) is 31.5 Å². The third-order valence-electron chi connectivity index (χ3n) is 10.1. The zero-order chi connectivity index (χ0) is 40.2. The lowest BCUT2D eigenvalue weighted by atomic mass is 9.77. The number of amides is 4. The molecular weight excluding hydrogens is 744 g/mol. The first kappa shape index (κ1) is 40.9. The number of nitrogens with zero attached hydrogens (tertiary/aromatic N) is 2. The summed E-state index contributed by atoms with van der Waals surface area (Å²) in [6, 6.07) is 2.17. The van der Waals surface area contributed by atoms with Crippen molar-refractivity contribution in [1.29, 1.82) is 0 Å². The van der Waals surface area contributed by atoms with Crippen molar-refractivity contribution in [3.63, 3.8) is 0 Å². The number of rotatable bonds is 13. The fourth-order valence-corrected chi connectivity index (χ4v) is 7.90. The second-order valence-corrected chi connectivity index (χ2v) is 18.1. The Morgan fingerprint density at radius 3 is 2.33 bits per heavy atom. The lowest BCUT2D eigenvalue weighted by molar-refractivity contribution is -0.144. The minimum Gasteiger partial charge on any atom is -0.494 e. The van der Waals surface area contributed by atoms with Crippen LogP contribution < -0.4 is 42.0 Å². The minimum atomic E-state index is -3.96. The second kappa shape index (κ2) is 14.4. The van der Waals surface area contributed by atoms with Crippen LogP contribution in [0.5, 0.6) is 11.6 Å². The van der Waals surface area contributed by atoms with Crippen molar-refractivity contribution in [3.05, 3.63) is 42.1 Å². The lowest BCUT2D eigenvalue weighted by Crippen LogP contribution is -2.75. The number of hydrogen-bond donors (Lipinski definition) is 6. The van der Waals surface area contributed by atoms with Crippen molar-refractivity contribution in [1.82, 2.24) is 25.2 Å². The van der Waals surface area contributed by atoms with Crippen LogP contribution in [0, 0.1) is 11.3 Å². The van der Waals surface area contributed by atoms with Crippen LogP contribution in [0.3, 0.4) is 0 Å². The predicted molar refractivity (Wildman–Crippen MR) is 199 cm³/mol. The van der Waals surface area contributed by atoms with Crippen LogP contribution in [0.15, 0.2) is 37.1 Å². The Morgan fingerprint density at radius 2 is 1.78 bits per heavy atom. The van der Waals surface area contributed by atoms with Gasteiger partial charge < -0.3 is 46.9 Å². The van der Waals surface area contributed by atoms with Crippen molar-refractivity contribution < 1.29 is 41.8 Å². The number of alkyl carbamates (subject to hydrolysis) is 1. The maximum atomic E-state index is 14.7. The number of nitrogens with one attached hydrogen (secondary N) is 3. The van der Waals surface area contributed by atoms with Crippen LogP contribution in [-0.2, 0) is 29.1 Å². The highest BCUT2D eigenvalue weighted by atomic mass is 35.5. The van der Waals surface area contributed by atoms with E-state index < -0.39 is 85.5 Å². The first-order chi connectivity index (χ1) is 24.9. The molecule has 54 heavy (non-hydrogen) atoms. The van der Waals surface area contributed by atoms with Gasteiger partial charge in [0.1, 0.15) is 40.9 Å². The molecule has 1 aromatic heterocycles. The Labute approximate surface area is 319 Å². The van der Waals surface area contributed by atoms with Crippen molar-refractivity contribution in [2.24, 2.45) is 28.5 Å². The summed E-state index contributed by atoms with van der Waals surface area (Å²) < 4.78 is 44.8. The van der Waals surface area contributed by atoms with E-state index in [1.54, 1.807) is 39.0 Å². The molecule has 9 N–H and O–H groups in total. The second-order valence-electron chi connectivity index (χ2n) is 15.7. The largest absolute Gasteiger partial charge is 0.494 e. The molecule has 5 unspecified atom stereocenters. The summed E-state index contributed by atoms with van der Waals surface area (Å²) in [5.41, 5.74) is 14.3. The zero-order valence-electron chi connectivity index (χ0n) is 31.1. The molecular formula is C35H49ClN8O9S. The molecule has 1 aromatic carbocycles. The normalized spacial score (nSPS) is 23.6. The summed E-state index contributed by atoms with van der Waals surface area (Å²) in [6.07, 6.45) is 1.84. The molecule has 3 fully saturated rings. The number of fused-ring (bicyclic) bond motifs is 1. The fourth-order valence-electron chi connectivity index (χ4n) is 6.37.